The van der Waals surface area contributed by atoms with Gasteiger partial charge in [-0.2, -0.15) is 13.2 Å². The molecule has 0 aliphatic carbocycles. The summed E-state index contributed by atoms with van der Waals surface area (Å²) in [5, 5.41) is 3.23. The summed E-state index contributed by atoms with van der Waals surface area (Å²) in [6, 6.07) is 3.55. The molecule has 2 rings (SSSR count). The normalized spacial score (nSPS) is 22.9. The first-order valence-electron chi connectivity index (χ1n) is 6.66. The summed E-state index contributed by atoms with van der Waals surface area (Å²) in [5.74, 6) is 0. The highest BCUT2D eigenvalue weighted by atomic mass is 32.1. The van der Waals surface area contributed by atoms with Crippen molar-refractivity contribution in [3.8, 4) is 0 Å². The van der Waals surface area contributed by atoms with Crippen molar-refractivity contribution >= 4 is 22.9 Å². The largest absolute Gasteiger partial charge is 0.416 e. The number of anilines is 1. The van der Waals surface area contributed by atoms with Crippen molar-refractivity contribution in [2.75, 3.05) is 11.9 Å². The van der Waals surface area contributed by atoms with Crippen molar-refractivity contribution in [2.24, 2.45) is 5.73 Å². The van der Waals surface area contributed by atoms with Gasteiger partial charge < -0.3 is 15.8 Å². The molecule has 1 saturated heterocycles. The molecule has 3 N–H and O–H groups in total. The van der Waals surface area contributed by atoms with E-state index in [-0.39, 0.29) is 22.7 Å². The molecule has 21 heavy (non-hydrogen) atoms. The van der Waals surface area contributed by atoms with Gasteiger partial charge in [0.15, 0.2) is 0 Å². The van der Waals surface area contributed by atoms with Crippen LogP contribution in [0.3, 0.4) is 0 Å². The van der Waals surface area contributed by atoms with Crippen LogP contribution in [-0.2, 0) is 10.9 Å². The molecule has 0 radical (unpaired) electrons. The Morgan fingerprint density at radius 3 is 2.71 bits per heavy atom. The van der Waals surface area contributed by atoms with Gasteiger partial charge in [0.05, 0.1) is 11.7 Å². The summed E-state index contributed by atoms with van der Waals surface area (Å²) in [6.45, 7) is 2.59. The molecule has 1 fully saturated rings. The molecule has 0 amide bonds. The van der Waals surface area contributed by atoms with Crippen LogP contribution in [0.5, 0.6) is 0 Å². The number of nitrogens with two attached hydrogens (primary N) is 1. The molecule has 0 saturated carbocycles. The molecule has 116 valence electrons. The highest BCUT2D eigenvalue weighted by Gasteiger charge is 2.31. The molecule has 1 aliphatic heterocycles. The summed E-state index contributed by atoms with van der Waals surface area (Å²) in [6.07, 6.45) is -2.70. The monoisotopic (exact) mass is 318 g/mol. The summed E-state index contributed by atoms with van der Waals surface area (Å²) < 4.78 is 43.7. The van der Waals surface area contributed by atoms with Crippen LogP contribution >= 0.6 is 12.2 Å². The topological polar surface area (TPSA) is 47.3 Å². The van der Waals surface area contributed by atoms with Crippen molar-refractivity contribution in [2.45, 2.75) is 38.1 Å². The molecule has 2 atom stereocenters. The third-order valence-corrected chi connectivity index (χ3v) is 3.68. The lowest BCUT2D eigenvalue weighted by atomic mass is 10.0. The molecular weight excluding hydrogens is 301 g/mol. The molecule has 1 aromatic carbocycles. The van der Waals surface area contributed by atoms with Gasteiger partial charge in [0.2, 0.25) is 0 Å². The van der Waals surface area contributed by atoms with Crippen molar-refractivity contribution < 1.29 is 17.9 Å². The molecule has 1 heterocycles. The summed E-state index contributed by atoms with van der Waals surface area (Å²) in [7, 11) is 0. The zero-order chi connectivity index (χ0) is 15.6. The third kappa shape index (κ3) is 4.07. The number of alkyl halides is 3. The van der Waals surface area contributed by atoms with Crippen molar-refractivity contribution in [1.82, 2.24) is 0 Å². The van der Waals surface area contributed by atoms with Crippen LogP contribution in [0, 0.1) is 0 Å². The lowest BCUT2D eigenvalue weighted by molar-refractivity contribution is -0.137. The zero-order valence-corrected chi connectivity index (χ0v) is 12.4. The highest BCUT2D eigenvalue weighted by molar-refractivity contribution is 7.80. The summed E-state index contributed by atoms with van der Waals surface area (Å²) >= 11 is 4.87. The molecule has 0 bridgehead atoms. The molecule has 3 nitrogen and oxygen atoms in total. The van der Waals surface area contributed by atoms with Crippen LogP contribution in [0.15, 0.2) is 18.2 Å². The fourth-order valence-corrected chi connectivity index (χ4v) is 2.57. The van der Waals surface area contributed by atoms with E-state index in [1.54, 1.807) is 0 Å². The van der Waals surface area contributed by atoms with Gasteiger partial charge >= 0.3 is 6.18 Å². The predicted molar refractivity (Wildman–Crippen MR) is 79.4 cm³/mol. The first-order valence-corrected chi connectivity index (χ1v) is 7.07. The first-order chi connectivity index (χ1) is 9.77. The number of benzene rings is 1. The van der Waals surface area contributed by atoms with E-state index in [2.05, 4.69) is 5.32 Å². The van der Waals surface area contributed by atoms with Crippen molar-refractivity contribution in [3.63, 3.8) is 0 Å². The van der Waals surface area contributed by atoms with Crippen LogP contribution in [0.25, 0.3) is 0 Å². The Labute approximate surface area is 126 Å². The number of hydrogen-bond donors (Lipinski definition) is 2. The Bertz CT molecular complexity index is 533. The Balaban J connectivity index is 2.24. The predicted octanol–water partition coefficient (Wildman–Crippen LogP) is 3.32. The second kappa shape index (κ2) is 6.19. The quantitative estimate of drug-likeness (QED) is 0.839. The number of hydrogen-bond acceptors (Lipinski definition) is 3. The maximum Gasteiger partial charge on any atom is 0.416 e. The smallest absolute Gasteiger partial charge is 0.389 e. The van der Waals surface area contributed by atoms with Gasteiger partial charge in [-0.3, -0.25) is 0 Å². The van der Waals surface area contributed by atoms with Gasteiger partial charge in [0.25, 0.3) is 0 Å². The Morgan fingerprint density at radius 1 is 1.43 bits per heavy atom. The van der Waals surface area contributed by atoms with Crippen LogP contribution < -0.4 is 11.1 Å². The number of nitrogens with one attached hydrogen (secondary N) is 1. The van der Waals surface area contributed by atoms with E-state index in [0.29, 0.717) is 12.3 Å². The Morgan fingerprint density at radius 2 is 2.14 bits per heavy atom. The highest BCUT2D eigenvalue weighted by Crippen LogP contribution is 2.32. The second-order valence-electron chi connectivity index (χ2n) is 5.17. The molecule has 2 unspecified atom stereocenters. The number of ether oxygens (including phenoxy) is 1. The molecule has 1 aliphatic rings. The van der Waals surface area contributed by atoms with Crippen LogP contribution in [0.1, 0.15) is 30.9 Å². The molecule has 1 aromatic rings. The average Bonchev–Trinajstić information content (AvgIpc) is 2.37. The minimum absolute atomic E-state index is 0.0521. The van der Waals surface area contributed by atoms with Crippen molar-refractivity contribution in [3.05, 3.63) is 29.3 Å². The second-order valence-corrected chi connectivity index (χ2v) is 5.61. The number of rotatable bonds is 3. The zero-order valence-electron chi connectivity index (χ0n) is 11.5. The van der Waals surface area contributed by atoms with Gasteiger partial charge in [-0.05, 0) is 38.0 Å². The van der Waals surface area contributed by atoms with Crippen LogP contribution in [0.4, 0.5) is 18.9 Å². The van der Waals surface area contributed by atoms with Crippen LogP contribution in [-0.4, -0.2) is 23.7 Å². The van der Waals surface area contributed by atoms with Gasteiger partial charge in [0.1, 0.15) is 4.99 Å². The average molecular weight is 318 g/mol. The van der Waals surface area contributed by atoms with E-state index in [0.717, 1.165) is 25.0 Å². The molecule has 7 heteroatoms. The van der Waals surface area contributed by atoms with Crippen molar-refractivity contribution in [1.29, 1.82) is 0 Å². The fourth-order valence-electron chi connectivity index (χ4n) is 2.40. The fraction of sp³-hybridized carbons (Fsp3) is 0.500. The Hall–Kier alpha value is -1.34. The third-order valence-electron chi connectivity index (χ3n) is 3.46. The van der Waals surface area contributed by atoms with Crippen LogP contribution in [0.2, 0.25) is 0 Å². The maximum atomic E-state index is 12.8. The van der Waals surface area contributed by atoms with Gasteiger partial charge in [0, 0.05) is 23.9 Å². The maximum absolute atomic E-state index is 12.8. The van der Waals surface area contributed by atoms with E-state index < -0.39 is 11.7 Å². The minimum Gasteiger partial charge on any atom is -0.389 e. The molecular formula is C14H17F3N2OS. The molecule has 0 aromatic heterocycles. The minimum atomic E-state index is -4.41. The Kier molecular flexibility index (Phi) is 4.73. The number of thiocarbonyl (C=S) groups is 1. The lowest BCUT2D eigenvalue weighted by Crippen LogP contribution is -2.33. The standard InChI is InChI=1S/C14H17F3N2OS/c1-8-6-10(4-5-20-8)19-12-3-2-9(14(15,16)17)7-11(12)13(18)21/h2-3,7-8,10,19H,4-6H2,1H3,(H2,18,21). The summed E-state index contributed by atoms with van der Waals surface area (Å²) in [4.78, 5) is -0.0521. The number of halogens is 3. The van der Waals surface area contributed by atoms with E-state index in [1.165, 1.54) is 6.07 Å². The molecule has 0 spiro atoms. The van der Waals surface area contributed by atoms with E-state index in [1.807, 2.05) is 6.92 Å². The van der Waals surface area contributed by atoms with Gasteiger partial charge in [-0.15, -0.1) is 0 Å². The summed E-state index contributed by atoms with van der Waals surface area (Å²) in [5.41, 5.74) is 5.56. The van der Waals surface area contributed by atoms with Gasteiger partial charge in [-0.1, -0.05) is 12.2 Å². The van der Waals surface area contributed by atoms with E-state index in [9.17, 15) is 13.2 Å². The van der Waals surface area contributed by atoms with E-state index >= 15 is 0 Å². The SMILES string of the molecule is CC1CC(Nc2ccc(C(F)(F)F)cc2C(N)=S)CCO1. The lowest BCUT2D eigenvalue weighted by Gasteiger charge is -2.29. The first kappa shape index (κ1) is 16.0. The van der Waals surface area contributed by atoms with Gasteiger partial charge in [-0.25, -0.2) is 0 Å². The van der Waals surface area contributed by atoms with E-state index in [4.69, 9.17) is 22.7 Å².